The lowest BCUT2D eigenvalue weighted by molar-refractivity contribution is 0.777. The molecule has 0 aromatic carbocycles. The van der Waals surface area contributed by atoms with Gasteiger partial charge in [-0.15, -0.1) is 14.5 Å². The van der Waals surface area contributed by atoms with Crippen LogP contribution in [0.5, 0.6) is 0 Å². The van der Waals surface area contributed by atoms with Gasteiger partial charge in [0.2, 0.25) is 0 Å². The standard InChI is InChI=1S/C16H32P2/c1-13-7-8-14(2)17(13,5)11-12-18(6)15(3)9-10-16(18)4/h13-16H,5-12H2,1-4H3/t13-,14-,15-,16-/m1/s1. The summed E-state index contributed by atoms with van der Waals surface area (Å²) in [6.07, 6.45) is 8.64. The Bertz CT molecular complexity index is 249. The molecule has 2 heteroatoms. The zero-order chi connectivity index (χ0) is 13.6. The first-order valence-corrected chi connectivity index (χ1v) is 12.3. The third-order valence-electron chi connectivity index (χ3n) is 6.45. The highest BCUT2D eigenvalue weighted by Gasteiger charge is 2.48. The van der Waals surface area contributed by atoms with E-state index in [9.17, 15) is 0 Å². The lowest BCUT2D eigenvalue weighted by Crippen LogP contribution is -2.19. The van der Waals surface area contributed by atoms with E-state index < -0.39 is 14.5 Å². The second-order valence-electron chi connectivity index (χ2n) is 7.20. The molecule has 18 heavy (non-hydrogen) atoms. The average molecular weight is 286 g/mol. The zero-order valence-corrected chi connectivity index (χ0v) is 14.6. The Morgan fingerprint density at radius 1 is 0.667 bits per heavy atom. The third-order valence-corrected chi connectivity index (χ3v) is 17.0. The molecule has 0 aromatic rings. The van der Waals surface area contributed by atoms with Gasteiger partial charge in [0.05, 0.1) is 12.3 Å². The molecule has 0 unspecified atom stereocenters. The van der Waals surface area contributed by atoms with Crippen LogP contribution < -0.4 is 0 Å². The second kappa shape index (κ2) is 5.33. The van der Waals surface area contributed by atoms with Crippen LogP contribution in [-0.2, 0) is 0 Å². The molecule has 4 atom stereocenters. The SMILES string of the molecule is [CH2-][P+]1(CC[P+]2([CH2-])[C@H](C)CC[C@H]2C)[C@H](C)CC[C@H]1C. The Hall–Kier alpha value is 0.860. The Morgan fingerprint density at radius 3 is 1.11 bits per heavy atom. The second-order valence-corrected chi connectivity index (χ2v) is 16.0. The Morgan fingerprint density at radius 2 is 0.889 bits per heavy atom. The van der Waals surface area contributed by atoms with Gasteiger partial charge in [-0.2, -0.15) is 13.3 Å². The van der Waals surface area contributed by atoms with Gasteiger partial charge in [0, 0.05) is 22.6 Å². The first kappa shape index (κ1) is 15.3. The minimum atomic E-state index is -0.912. The maximum atomic E-state index is 4.77. The normalized spacial score (nSPS) is 42.3. The summed E-state index contributed by atoms with van der Waals surface area (Å²) in [6, 6.07) is 0. The lowest BCUT2D eigenvalue weighted by atomic mass is 10.2. The van der Waals surface area contributed by atoms with Gasteiger partial charge in [0.25, 0.3) is 0 Å². The van der Waals surface area contributed by atoms with Crippen molar-refractivity contribution in [1.82, 2.24) is 0 Å². The first-order chi connectivity index (χ1) is 8.30. The fourth-order valence-corrected chi connectivity index (χ4v) is 13.2. The molecule has 2 aliphatic rings. The smallest absolute Gasteiger partial charge is 0.0642 e. The predicted molar refractivity (Wildman–Crippen MR) is 90.6 cm³/mol. The fourth-order valence-electron chi connectivity index (χ4n) is 4.12. The van der Waals surface area contributed by atoms with E-state index in [1.807, 2.05) is 0 Å². The van der Waals surface area contributed by atoms with Crippen LogP contribution in [0.1, 0.15) is 53.4 Å². The molecular weight excluding hydrogens is 254 g/mol. The maximum Gasteiger partial charge on any atom is 0.0642 e. The van der Waals surface area contributed by atoms with Gasteiger partial charge in [-0.1, -0.05) is 0 Å². The molecule has 106 valence electrons. The highest BCUT2D eigenvalue weighted by atomic mass is 31.2. The molecular formula is C16H32P2. The molecule has 0 N–H and O–H groups in total. The summed E-state index contributed by atoms with van der Waals surface area (Å²) in [7, 11) is -1.82. The number of hydrogen-bond acceptors (Lipinski definition) is 0. The molecule has 0 aliphatic carbocycles. The molecule has 2 saturated heterocycles. The molecule has 2 fully saturated rings. The monoisotopic (exact) mass is 286 g/mol. The van der Waals surface area contributed by atoms with Crippen LogP contribution in [0.25, 0.3) is 0 Å². The summed E-state index contributed by atoms with van der Waals surface area (Å²) in [4.78, 5) is 0. The lowest BCUT2D eigenvalue weighted by Gasteiger charge is -2.40. The van der Waals surface area contributed by atoms with Crippen LogP contribution in [0, 0.1) is 13.3 Å². The van der Waals surface area contributed by atoms with Crippen molar-refractivity contribution in [3.8, 4) is 0 Å². The van der Waals surface area contributed by atoms with Gasteiger partial charge >= 0.3 is 0 Å². The molecule has 2 aliphatic heterocycles. The predicted octanol–water partition coefficient (Wildman–Crippen LogP) is 5.75. The van der Waals surface area contributed by atoms with Gasteiger partial charge in [-0.05, 0) is 53.4 Å². The molecule has 0 saturated carbocycles. The van der Waals surface area contributed by atoms with Crippen LogP contribution in [0.2, 0.25) is 0 Å². The third kappa shape index (κ3) is 2.42. The average Bonchev–Trinajstić information content (AvgIpc) is 2.74. The molecule has 2 rings (SSSR count). The van der Waals surface area contributed by atoms with Crippen LogP contribution >= 0.6 is 14.5 Å². The van der Waals surface area contributed by atoms with Crippen molar-refractivity contribution < 1.29 is 0 Å². The number of rotatable bonds is 3. The summed E-state index contributed by atoms with van der Waals surface area (Å²) >= 11 is 0. The van der Waals surface area contributed by atoms with Crippen LogP contribution in [0.3, 0.4) is 0 Å². The van der Waals surface area contributed by atoms with Gasteiger partial charge in [0.15, 0.2) is 0 Å². The summed E-state index contributed by atoms with van der Waals surface area (Å²) in [5.74, 6) is 0. The minimum Gasteiger partial charge on any atom is -0.179 e. The van der Waals surface area contributed by atoms with Gasteiger partial charge < -0.3 is 0 Å². The minimum absolute atomic E-state index is 0.912. The molecule has 0 radical (unpaired) electrons. The molecule has 2 heterocycles. The molecule has 0 nitrogen and oxygen atoms in total. The summed E-state index contributed by atoms with van der Waals surface area (Å²) in [5, 5.41) is 0. The zero-order valence-electron chi connectivity index (χ0n) is 12.9. The topological polar surface area (TPSA) is 0 Å². The summed E-state index contributed by atoms with van der Waals surface area (Å²) in [6.45, 7) is 19.4. The van der Waals surface area contributed by atoms with Crippen LogP contribution in [0.15, 0.2) is 0 Å². The maximum absolute atomic E-state index is 4.77. The van der Waals surface area contributed by atoms with E-state index in [0.717, 1.165) is 22.6 Å². The van der Waals surface area contributed by atoms with Gasteiger partial charge in [0.1, 0.15) is 0 Å². The first-order valence-electron chi connectivity index (χ1n) is 7.74. The van der Waals surface area contributed by atoms with Gasteiger partial charge in [-0.3, -0.25) is 0 Å². The van der Waals surface area contributed by atoms with Crippen molar-refractivity contribution in [1.29, 1.82) is 0 Å². The van der Waals surface area contributed by atoms with Crippen LogP contribution in [-0.4, -0.2) is 35.0 Å². The quantitative estimate of drug-likeness (QED) is 0.458. The van der Waals surface area contributed by atoms with E-state index in [4.69, 9.17) is 13.3 Å². The molecule has 0 bridgehead atoms. The van der Waals surface area contributed by atoms with Crippen molar-refractivity contribution in [3.05, 3.63) is 13.3 Å². The van der Waals surface area contributed by atoms with Crippen molar-refractivity contribution in [3.63, 3.8) is 0 Å². The highest BCUT2D eigenvalue weighted by Crippen LogP contribution is 2.77. The van der Waals surface area contributed by atoms with Crippen LogP contribution in [0.4, 0.5) is 0 Å². The van der Waals surface area contributed by atoms with Crippen molar-refractivity contribution in [2.24, 2.45) is 0 Å². The summed E-state index contributed by atoms with van der Waals surface area (Å²) < 4.78 is 0. The fraction of sp³-hybridized carbons (Fsp3) is 0.875. The largest absolute Gasteiger partial charge is 0.179 e. The molecule has 0 aromatic heterocycles. The van der Waals surface area contributed by atoms with E-state index in [-0.39, 0.29) is 0 Å². The Labute approximate surface area is 116 Å². The van der Waals surface area contributed by atoms with E-state index in [1.165, 1.54) is 38.0 Å². The van der Waals surface area contributed by atoms with E-state index in [1.54, 1.807) is 0 Å². The summed E-state index contributed by atoms with van der Waals surface area (Å²) in [5.41, 5.74) is 3.69. The van der Waals surface area contributed by atoms with Gasteiger partial charge in [-0.25, -0.2) is 0 Å². The number of hydrogen-bond donors (Lipinski definition) is 0. The Balaban J connectivity index is 2.03. The van der Waals surface area contributed by atoms with Crippen molar-refractivity contribution in [2.45, 2.75) is 76.0 Å². The van der Waals surface area contributed by atoms with E-state index in [0.29, 0.717) is 0 Å². The van der Waals surface area contributed by atoms with Crippen molar-refractivity contribution >= 4 is 14.5 Å². The van der Waals surface area contributed by atoms with E-state index in [2.05, 4.69) is 27.7 Å². The molecule has 0 amide bonds. The van der Waals surface area contributed by atoms with Crippen molar-refractivity contribution in [2.75, 3.05) is 12.3 Å². The van der Waals surface area contributed by atoms with E-state index >= 15 is 0 Å². The molecule has 0 spiro atoms. The Kier molecular flexibility index (Phi) is 4.52. The highest BCUT2D eigenvalue weighted by molar-refractivity contribution is 7.82.